The standard InChI is InChI=1S/C16H25N3/c1-2-12-19(13-3-1)17-14-15-6-8-16(9-7-15)18-10-4-5-11-18/h6-9,17H,1-5,10-14H2. The van der Waals surface area contributed by atoms with Crippen molar-refractivity contribution in [3.63, 3.8) is 0 Å². The second-order valence-electron chi connectivity index (χ2n) is 5.74. The van der Waals surface area contributed by atoms with Crippen LogP contribution >= 0.6 is 0 Å². The number of hydrazine groups is 1. The number of anilines is 1. The molecule has 0 atom stereocenters. The van der Waals surface area contributed by atoms with Crippen LogP contribution in [0.4, 0.5) is 5.69 Å². The molecule has 0 bridgehead atoms. The third-order valence-corrected chi connectivity index (χ3v) is 4.27. The van der Waals surface area contributed by atoms with Crippen LogP contribution < -0.4 is 10.3 Å². The first kappa shape index (κ1) is 12.9. The van der Waals surface area contributed by atoms with E-state index in [1.54, 1.807) is 0 Å². The molecular weight excluding hydrogens is 234 g/mol. The van der Waals surface area contributed by atoms with Crippen molar-refractivity contribution in [2.75, 3.05) is 31.1 Å². The van der Waals surface area contributed by atoms with Gasteiger partial charge in [-0.05, 0) is 43.4 Å². The van der Waals surface area contributed by atoms with Crippen LogP contribution in [0.2, 0.25) is 0 Å². The zero-order valence-electron chi connectivity index (χ0n) is 11.8. The summed E-state index contributed by atoms with van der Waals surface area (Å²) in [6.07, 6.45) is 6.75. The fourth-order valence-corrected chi connectivity index (χ4v) is 3.06. The van der Waals surface area contributed by atoms with E-state index in [1.807, 2.05) is 0 Å². The van der Waals surface area contributed by atoms with Crippen LogP contribution in [0.3, 0.4) is 0 Å². The summed E-state index contributed by atoms with van der Waals surface area (Å²) in [6.45, 7) is 5.81. The largest absolute Gasteiger partial charge is 0.372 e. The molecule has 2 aliphatic rings. The molecule has 2 heterocycles. The van der Waals surface area contributed by atoms with E-state index in [-0.39, 0.29) is 0 Å². The van der Waals surface area contributed by atoms with Crippen LogP contribution in [0.25, 0.3) is 0 Å². The number of piperidine rings is 1. The van der Waals surface area contributed by atoms with Crippen LogP contribution in [0, 0.1) is 0 Å². The molecule has 0 saturated carbocycles. The molecule has 104 valence electrons. The highest BCUT2D eigenvalue weighted by Gasteiger charge is 2.12. The molecule has 3 rings (SSSR count). The maximum Gasteiger partial charge on any atom is 0.0366 e. The summed E-state index contributed by atoms with van der Waals surface area (Å²) in [5.41, 5.74) is 6.32. The molecule has 1 aromatic rings. The molecule has 0 radical (unpaired) electrons. The fourth-order valence-electron chi connectivity index (χ4n) is 3.06. The predicted molar refractivity (Wildman–Crippen MR) is 80.2 cm³/mol. The maximum absolute atomic E-state index is 3.55. The van der Waals surface area contributed by atoms with E-state index >= 15 is 0 Å². The zero-order valence-corrected chi connectivity index (χ0v) is 11.8. The average Bonchev–Trinajstić information content (AvgIpc) is 3.01. The number of nitrogens with zero attached hydrogens (tertiary/aromatic N) is 2. The number of nitrogens with one attached hydrogen (secondary N) is 1. The minimum Gasteiger partial charge on any atom is -0.372 e. The number of hydrogen-bond donors (Lipinski definition) is 1. The Morgan fingerprint density at radius 2 is 1.42 bits per heavy atom. The van der Waals surface area contributed by atoms with E-state index in [0.29, 0.717) is 0 Å². The van der Waals surface area contributed by atoms with Gasteiger partial charge in [0, 0.05) is 38.4 Å². The Kier molecular flexibility index (Phi) is 4.36. The van der Waals surface area contributed by atoms with E-state index in [9.17, 15) is 0 Å². The number of benzene rings is 1. The van der Waals surface area contributed by atoms with Crippen molar-refractivity contribution in [2.24, 2.45) is 0 Å². The molecule has 3 nitrogen and oxygen atoms in total. The molecule has 2 aliphatic heterocycles. The Hall–Kier alpha value is -1.06. The summed E-state index contributed by atoms with van der Waals surface area (Å²) in [7, 11) is 0. The monoisotopic (exact) mass is 259 g/mol. The van der Waals surface area contributed by atoms with Crippen molar-refractivity contribution in [1.29, 1.82) is 0 Å². The lowest BCUT2D eigenvalue weighted by Gasteiger charge is -2.27. The quantitative estimate of drug-likeness (QED) is 0.897. The van der Waals surface area contributed by atoms with E-state index in [2.05, 4.69) is 39.6 Å². The normalized spacial score (nSPS) is 20.9. The Morgan fingerprint density at radius 1 is 0.789 bits per heavy atom. The SMILES string of the molecule is c1cc(N2CCCC2)ccc1CNN1CCCCC1. The third-order valence-electron chi connectivity index (χ3n) is 4.27. The lowest BCUT2D eigenvalue weighted by molar-refractivity contribution is 0.151. The molecule has 1 N–H and O–H groups in total. The van der Waals surface area contributed by atoms with E-state index < -0.39 is 0 Å². The van der Waals surface area contributed by atoms with Crippen LogP contribution in [0.1, 0.15) is 37.7 Å². The molecule has 0 aromatic heterocycles. The minimum absolute atomic E-state index is 0.959. The van der Waals surface area contributed by atoms with Gasteiger partial charge in [0.2, 0.25) is 0 Å². The topological polar surface area (TPSA) is 18.5 Å². The highest BCUT2D eigenvalue weighted by Crippen LogP contribution is 2.20. The van der Waals surface area contributed by atoms with Gasteiger partial charge in [0.05, 0.1) is 0 Å². The van der Waals surface area contributed by atoms with Crippen molar-refractivity contribution in [2.45, 2.75) is 38.6 Å². The highest BCUT2D eigenvalue weighted by atomic mass is 15.5. The predicted octanol–water partition coefficient (Wildman–Crippen LogP) is 2.78. The molecule has 2 fully saturated rings. The molecule has 2 saturated heterocycles. The molecule has 1 aromatic carbocycles. The third kappa shape index (κ3) is 3.48. The van der Waals surface area contributed by atoms with Gasteiger partial charge in [-0.1, -0.05) is 18.6 Å². The van der Waals surface area contributed by atoms with Gasteiger partial charge in [-0.3, -0.25) is 5.43 Å². The van der Waals surface area contributed by atoms with Crippen LogP contribution in [-0.4, -0.2) is 31.2 Å². The molecule has 0 spiro atoms. The van der Waals surface area contributed by atoms with Crippen molar-refractivity contribution >= 4 is 5.69 Å². The van der Waals surface area contributed by atoms with Gasteiger partial charge in [-0.2, -0.15) is 0 Å². The zero-order chi connectivity index (χ0) is 12.9. The van der Waals surface area contributed by atoms with Gasteiger partial charge in [-0.15, -0.1) is 0 Å². The van der Waals surface area contributed by atoms with Crippen molar-refractivity contribution in [1.82, 2.24) is 10.4 Å². The van der Waals surface area contributed by atoms with Gasteiger partial charge < -0.3 is 4.90 Å². The summed E-state index contributed by atoms with van der Waals surface area (Å²) in [6, 6.07) is 9.09. The lowest BCUT2D eigenvalue weighted by Crippen LogP contribution is -2.41. The van der Waals surface area contributed by atoms with Crippen LogP contribution in [-0.2, 0) is 6.54 Å². The van der Waals surface area contributed by atoms with Crippen molar-refractivity contribution in [3.8, 4) is 0 Å². The first-order valence-electron chi connectivity index (χ1n) is 7.74. The van der Waals surface area contributed by atoms with Gasteiger partial charge in [0.1, 0.15) is 0 Å². The van der Waals surface area contributed by atoms with Gasteiger partial charge >= 0.3 is 0 Å². The summed E-state index contributed by atoms with van der Waals surface area (Å²) in [5.74, 6) is 0. The Balaban J connectivity index is 1.50. The van der Waals surface area contributed by atoms with Crippen LogP contribution in [0.15, 0.2) is 24.3 Å². The van der Waals surface area contributed by atoms with E-state index in [1.165, 1.54) is 69.5 Å². The second kappa shape index (κ2) is 6.40. The summed E-state index contributed by atoms with van der Waals surface area (Å²) in [4.78, 5) is 2.49. The molecule has 0 unspecified atom stereocenters. The van der Waals surface area contributed by atoms with E-state index in [4.69, 9.17) is 0 Å². The first-order valence-corrected chi connectivity index (χ1v) is 7.74. The smallest absolute Gasteiger partial charge is 0.0366 e. The molecule has 0 aliphatic carbocycles. The fraction of sp³-hybridized carbons (Fsp3) is 0.625. The highest BCUT2D eigenvalue weighted by molar-refractivity contribution is 5.48. The molecule has 19 heavy (non-hydrogen) atoms. The summed E-state index contributed by atoms with van der Waals surface area (Å²) < 4.78 is 0. The Bertz CT molecular complexity index is 375. The second-order valence-corrected chi connectivity index (χ2v) is 5.74. The molecule has 0 amide bonds. The number of rotatable bonds is 4. The maximum atomic E-state index is 3.55. The summed E-state index contributed by atoms with van der Waals surface area (Å²) in [5, 5.41) is 2.37. The van der Waals surface area contributed by atoms with Gasteiger partial charge in [0.25, 0.3) is 0 Å². The number of hydrogen-bond acceptors (Lipinski definition) is 3. The Morgan fingerprint density at radius 3 is 2.11 bits per heavy atom. The summed E-state index contributed by atoms with van der Waals surface area (Å²) >= 11 is 0. The van der Waals surface area contributed by atoms with Crippen molar-refractivity contribution < 1.29 is 0 Å². The lowest BCUT2D eigenvalue weighted by atomic mass is 10.1. The van der Waals surface area contributed by atoms with Crippen LogP contribution in [0.5, 0.6) is 0 Å². The van der Waals surface area contributed by atoms with Gasteiger partial charge in [0.15, 0.2) is 0 Å². The van der Waals surface area contributed by atoms with Crippen molar-refractivity contribution in [3.05, 3.63) is 29.8 Å². The van der Waals surface area contributed by atoms with E-state index in [0.717, 1.165) is 6.54 Å². The van der Waals surface area contributed by atoms with Gasteiger partial charge in [-0.25, -0.2) is 5.01 Å². The first-order chi connectivity index (χ1) is 9.42. The average molecular weight is 259 g/mol. The Labute approximate surface area is 116 Å². The molecule has 3 heteroatoms. The molecular formula is C16H25N3. The minimum atomic E-state index is 0.959.